The molecule has 0 fully saturated rings. The molecule has 21 heavy (non-hydrogen) atoms. The molecule has 0 aliphatic heterocycles. The summed E-state index contributed by atoms with van der Waals surface area (Å²) in [5.74, 6) is 1.40. The summed E-state index contributed by atoms with van der Waals surface area (Å²) in [5, 5.41) is 10.1. The maximum Gasteiger partial charge on any atom is 0.195 e. The van der Waals surface area contributed by atoms with Crippen LogP contribution in [0.1, 0.15) is 10.8 Å². The molecule has 0 radical (unpaired) electrons. The molecular formula is C16H13N3OS. The van der Waals surface area contributed by atoms with Crippen LogP contribution in [0.3, 0.4) is 0 Å². The minimum Gasteiger partial charge on any atom is -0.441 e. The summed E-state index contributed by atoms with van der Waals surface area (Å²) in [6.45, 7) is 0. The highest BCUT2D eigenvalue weighted by Gasteiger charge is 2.10. The quantitative estimate of drug-likeness (QED) is 0.685. The van der Waals surface area contributed by atoms with Crippen LogP contribution in [-0.4, -0.2) is 19.1 Å². The Bertz CT molecular complexity index is 819. The number of nitrogens with zero attached hydrogens (tertiary/aromatic N) is 3. The first-order chi connectivity index (χ1) is 10.2. The van der Waals surface area contributed by atoms with E-state index in [-0.39, 0.29) is 0 Å². The molecule has 0 saturated carbocycles. The van der Waals surface area contributed by atoms with E-state index >= 15 is 0 Å². The first-order valence-electron chi connectivity index (χ1n) is 6.42. The van der Waals surface area contributed by atoms with Crippen LogP contribution in [-0.2, 0) is 0 Å². The zero-order chi connectivity index (χ0) is 14.8. The van der Waals surface area contributed by atoms with Gasteiger partial charge in [0, 0.05) is 26.2 Å². The van der Waals surface area contributed by atoms with Gasteiger partial charge in [0.15, 0.2) is 5.88 Å². The van der Waals surface area contributed by atoms with E-state index in [2.05, 4.69) is 11.1 Å². The Morgan fingerprint density at radius 3 is 2.76 bits per heavy atom. The summed E-state index contributed by atoms with van der Waals surface area (Å²) in [6, 6.07) is 13.8. The number of hydrogen-bond donors (Lipinski definition) is 0. The van der Waals surface area contributed by atoms with Crippen LogP contribution in [0.15, 0.2) is 40.8 Å². The van der Waals surface area contributed by atoms with Crippen molar-refractivity contribution in [2.45, 2.75) is 0 Å². The van der Waals surface area contributed by atoms with Gasteiger partial charge in [-0.15, -0.1) is 11.3 Å². The molecule has 0 saturated heterocycles. The van der Waals surface area contributed by atoms with Crippen molar-refractivity contribution in [3.05, 3.63) is 47.2 Å². The predicted molar refractivity (Wildman–Crippen MR) is 86.1 cm³/mol. The molecule has 0 N–H and O–H groups in total. The van der Waals surface area contributed by atoms with Gasteiger partial charge in [0.1, 0.15) is 16.8 Å². The number of para-hydroxylation sites is 1. The molecule has 0 bridgehead atoms. The van der Waals surface area contributed by atoms with Crippen LogP contribution in [0.25, 0.3) is 21.9 Å². The Labute approximate surface area is 126 Å². The SMILES string of the molecule is CN(C)c1ccc(C=C(C#N)c2nc3ccccc3s2)o1. The zero-order valence-electron chi connectivity index (χ0n) is 11.7. The molecule has 0 spiro atoms. The molecule has 0 atom stereocenters. The highest BCUT2D eigenvalue weighted by atomic mass is 32.1. The van der Waals surface area contributed by atoms with Crippen molar-refractivity contribution in [2.24, 2.45) is 0 Å². The van der Waals surface area contributed by atoms with Crippen molar-refractivity contribution in [1.82, 2.24) is 4.98 Å². The second-order valence-electron chi connectivity index (χ2n) is 4.73. The smallest absolute Gasteiger partial charge is 0.195 e. The number of hydrogen-bond acceptors (Lipinski definition) is 5. The Morgan fingerprint density at radius 1 is 1.29 bits per heavy atom. The molecule has 3 rings (SSSR count). The van der Waals surface area contributed by atoms with Crippen molar-refractivity contribution in [2.75, 3.05) is 19.0 Å². The molecular weight excluding hydrogens is 282 g/mol. The summed E-state index contributed by atoms with van der Waals surface area (Å²) < 4.78 is 6.72. The summed E-state index contributed by atoms with van der Waals surface area (Å²) in [5.41, 5.74) is 1.42. The lowest BCUT2D eigenvalue weighted by Gasteiger charge is -2.05. The molecule has 0 aliphatic rings. The van der Waals surface area contributed by atoms with Gasteiger partial charge in [0.05, 0.1) is 15.8 Å². The first-order valence-corrected chi connectivity index (χ1v) is 7.24. The molecule has 104 valence electrons. The Kier molecular flexibility index (Phi) is 3.46. The lowest BCUT2D eigenvalue weighted by atomic mass is 10.2. The average Bonchev–Trinajstić information content (AvgIpc) is 3.11. The standard InChI is InChI=1S/C16H13N3OS/c1-19(2)15-8-7-12(20-15)9-11(10-17)16-18-13-5-3-4-6-14(13)21-16/h3-9H,1-2H3. The fourth-order valence-electron chi connectivity index (χ4n) is 1.93. The highest BCUT2D eigenvalue weighted by Crippen LogP contribution is 2.28. The average molecular weight is 295 g/mol. The molecule has 0 aliphatic carbocycles. The van der Waals surface area contributed by atoms with Crippen molar-refractivity contribution < 1.29 is 4.42 Å². The lowest BCUT2D eigenvalue weighted by molar-refractivity contribution is 0.555. The summed E-state index contributed by atoms with van der Waals surface area (Å²) >= 11 is 1.51. The van der Waals surface area contributed by atoms with E-state index in [0.717, 1.165) is 16.1 Å². The fourth-order valence-corrected chi connectivity index (χ4v) is 2.86. The van der Waals surface area contributed by atoms with Crippen LogP contribution < -0.4 is 4.90 Å². The number of anilines is 1. The van der Waals surface area contributed by atoms with E-state index in [9.17, 15) is 5.26 Å². The van der Waals surface area contributed by atoms with Gasteiger partial charge in [-0.05, 0) is 18.2 Å². The van der Waals surface area contributed by atoms with Gasteiger partial charge in [-0.2, -0.15) is 5.26 Å². The van der Waals surface area contributed by atoms with Gasteiger partial charge < -0.3 is 9.32 Å². The maximum atomic E-state index is 9.38. The van der Waals surface area contributed by atoms with Crippen LogP contribution in [0.5, 0.6) is 0 Å². The van der Waals surface area contributed by atoms with E-state index in [1.165, 1.54) is 11.3 Å². The number of allylic oxidation sites excluding steroid dienone is 1. The predicted octanol–water partition coefficient (Wildman–Crippen LogP) is 4.02. The van der Waals surface area contributed by atoms with Crippen molar-refractivity contribution in [3.8, 4) is 6.07 Å². The first kappa shape index (κ1) is 13.4. The van der Waals surface area contributed by atoms with E-state index in [1.807, 2.05) is 55.4 Å². The van der Waals surface area contributed by atoms with Crippen molar-refractivity contribution >= 4 is 39.1 Å². The number of furan rings is 1. The number of nitriles is 1. The van der Waals surface area contributed by atoms with E-state index < -0.39 is 0 Å². The van der Waals surface area contributed by atoms with Crippen LogP contribution in [0, 0.1) is 11.3 Å². The minimum atomic E-state index is 0.510. The topological polar surface area (TPSA) is 53.1 Å². The molecule has 0 unspecified atom stereocenters. The largest absolute Gasteiger partial charge is 0.441 e. The van der Waals surface area contributed by atoms with Gasteiger partial charge in [0.2, 0.25) is 0 Å². The normalized spacial score (nSPS) is 11.6. The fraction of sp³-hybridized carbons (Fsp3) is 0.125. The Morgan fingerprint density at radius 2 is 2.10 bits per heavy atom. The third-order valence-electron chi connectivity index (χ3n) is 2.98. The number of rotatable bonds is 3. The molecule has 2 heterocycles. The molecule has 2 aromatic heterocycles. The molecule has 1 aromatic carbocycles. The second-order valence-corrected chi connectivity index (χ2v) is 5.76. The maximum absolute atomic E-state index is 9.38. The van der Waals surface area contributed by atoms with E-state index in [4.69, 9.17) is 4.42 Å². The Hall–Kier alpha value is -2.58. The van der Waals surface area contributed by atoms with Gasteiger partial charge in [-0.3, -0.25) is 0 Å². The van der Waals surface area contributed by atoms with Crippen LogP contribution in [0.2, 0.25) is 0 Å². The lowest BCUT2D eigenvalue weighted by Crippen LogP contribution is -2.06. The van der Waals surface area contributed by atoms with Gasteiger partial charge in [-0.25, -0.2) is 4.98 Å². The zero-order valence-corrected chi connectivity index (χ0v) is 12.5. The van der Waals surface area contributed by atoms with Gasteiger partial charge in [0.25, 0.3) is 0 Å². The van der Waals surface area contributed by atoms with Crippen molar-refractivity contribution in [1.29, 1.82) is 5.26 Å². The van der Waals surface area contributed by atoms with E-state index in [0.29, 0.717) is 16.3 Å². The summed E-state index contributed by atoms with van der Waals surface area (Å²) in [7, 11) is 3.82. The minimum absolute atomic E-state index is 0.510. The van der Waals surface area contributed by atoms with Crippen molar-refractivity contribution in [3.63, 3.8) is 0 Å². The van der Waals surface area contributed by atoms with Gasteiger partial charge in [-0.1, -0.05) is 12.1 Å². The number of fused-ring (bicyclic) bond motifs is 1. The monoisotopic (exact) mass is 295 g/mol. The molecule has 4 nitrogen and oxygen atoms in total. The van der Waals surface area contributed by atoms with Crippen LogP contribution in [0.4, 0.5) is 5.88 Å². The highest BCUT2D eigenvalue weighted by molar-refractivity contribution is 7.19. The summed E-state index contributed by atoms with van der Waals surface area (Å²) in [4.78, 5) is 6.37. The Balaban J connectivity index is 2.00. The van der Waals surface area contributed by atoms with Gasteiger partial charge >= 0.3 is 0 Å². The molecule has 0 amide bonds. The third-order valence-corrected chi connectivity index (χ3v) is 4.05. The number of thiazole rings is 1. The third kappa shape index (κ3) is 2.67. The number of aromatic nitrogens is 1. The summed E-state index contributed by atoms with van der Waals surface area (Å²) in [6.07, 6.45) is 1.73. The second kappa shape index (κ2) is 5.43. The van der Waals surface area contributed by atoms with Crippen LogP contribution >= 0.6 is 11.3 Å². The number of benzene rings is 1. The molecule has 5 heteroatoms. The molecule has 3 aromatic rings. The van der Waals surface area contributed by atoms with E-state index in [1.54, 1.807) is 6.08 Å².